The number of nitrogens with zero attached hydrogens (tertiary/aromatic N) is 1. The molecular weight excluding hydrogens is 232 g/mol. The molecule has 0 radical (unpaired) electrons. The van der Waals surface area contributed by atoms with Crippen LogP contribution in [0.15, 0.2) is 24.3 Å². The van der Waals surface area contributed by atoms with Gasteiger partial charge in [0.15, 0.2) is 0 Å². The van der Waals surface area contributed by atoms with Gasteiger partial charge < -0.3 is 15.3 Å². The fourth-order valence-corrected chi connectivity index (χ4v) is 1.85. The van der Waals surface area contributed by atoms with E-state index in [1.807, 2.05) is 0 Å². The van der Waals surface area contributed by atoms with Crippen molar-refractivity contribution in [1.82, 2.24) is 4.90 Å². The Morgan fingerprint density at radius 2 is 1.89 bits per heavy atom. The number of carboxylic acid groups (broad SMARTS) is 1. The number of carboxylic acids is 1. The number of anilines is 1. The van der Waals surface area contributed by atoms with E-state index in [0.29, 0.717) is 11.7 Å². The summed E-state index contributed by atoms with van der Waals surface area (Å²) in [5.74, 6) is -0.973. The maximum absolute atomic E-state index is 11.9. The van der Waals surface area contributed by atoms with Gasteiger partial charge in [-0.2, -0.15) is 0 Å². The summed E-state index contributed by atoms with van der Waals surface area (Å²) in [7, 11) is 1.78. The average Bonchev–Trinajstić information content (AvgIpc) is 2.27. The van der Waals surface area contributed by atoms with Crippen molar-refractivity contribution in [2.24, 2.45) is 0 Å². The topological polar surface area (TPSA) is 69.6 Å². The molecule has 0 unspecified atom stereocenters. The van der Waals surface area contributed by atoms with Gasteiger partial charge >= 0.3 is 12.0 Å². The lowest BCUT2D eigenvalue weighted by Gasteiger charge is -2.34. The van der Waals surface area contributed by atoms with Gasteiger partial charge in [0.1, 0.15) is 0 Å². The van der Waals surface area contributed by atoms with Gasteiger partial charge in [0, 0.05) is 18.8 Å². The first kappa shape index (κ1) is 12.4. The van der Waals surface area contributed by atoms with Crippen molar-refractivity contribution < 1.29 is 14.7 Å². The van der Waals surface area contributed by atoms with E-state index in [2.05, 4.69) is 5.32 Å². The fourth-order valence-electron chi connectivity index (χ4n) is 1.85. The highest BCUT2D eigenvalue weighted by Gasteiger charge is 2.25. The van der Waals surface area contributed by atoms with Crippen molar-refractivity contribution in [2.45, 2.75) is 25.3 Å². The third-order valence-electron chi connectivity index (χ3n) is 3.33. The van der Waals surface area contributed by atoms with Crippen molar-refractivity contribution in [3.8, 4) is 0 Å². The van der Waals surface area contributed by atoms with Gasteiger partial charge in [0.2, 0.25) is 0 Å². The second-order valence-corrected chi connectivity index (χ2v) is 4.51. The minimum atomic E-state index is -0.973. The Hall–Kier alpha value is -2.04. The Balaban J connectivity index is 1.96. The van der Waals surface area contributed by atoms with E-state index < -0.39 is 5.97 Å². The second kappa shape index (κ2) is 5.08. The summed E-state index contributed by atoms with van der Waals surface area (Å²) in [6.07, 6.45) is 3.29. The number of aromatic carboxylic acids is 1. The molecule has 0 atom stereocenters. The number of nitrogens with one attached hydrogen (secondary N) is 1. The summed E-state index contributed by atoms with van der Waals surface area (Å²) in [5, 5.41) is 11.5. The van der Waals surface area contributed by atoms with Gasteiger partial charge in [0.25, 0.3) is 0 Å². The summed E-state index contributed by atoms with van der Waals surface area (Å²) in [4.78, 5) is 24.2. The maximum Gasteiger partial charge on any atom is 0.335 e. The van der Waals surface area contributed by atoms with Crippen molar-refractivity contribution in [1.29, 1.82) is 0 Å². The highest BCUT2D eigenvalue weighted by Crippen LogP contribution is 2.24. The molecule has 5 heteroatoms. The number of hydrogen-bond donors (Lipinski definition) is 2. The Labute approximate surface area is 105 Å². The predicted molar refractivity (Wildman–Crippen MR) is 67.8 cm³/mol. The minimum absolute atomic E-state index is 0.150. The first-order valence-electron chi connectivity index (χ1n) is 5.95. The molecule has 1 fully saturated rings. The Kier molecular flexibility index (Phi) is 3.50. The number of urea groups is 1. The molecule has 5 nitrogen and oxygen atoms in total. The van der Waals surface area contributed by atoms with Crippen LogP contribution in [-0.4, -0.2) is 35.1 Å². The highest BCUT2D eigenvalue weighted by molar-refractivity contribution is 5.91. The average molecular weight is 248 g/mol. The number of hydrogen-bond acceptors (Lipinski definition) is 2. The van der Waals surface area contributed by atoms with E-state index in [0.717, 1.165) is 12.8 Å². The molecule has 2 N–H and O–H groups in total. The van der Waals surface area contributed by atoms with Crippen LogP contribution in [0.1, 0.15) is 29.6 Å². The van der Waals surface area contributed by atoms with Crippen molar-refractivity contribution in [3.63, 3.8) is 0 Å². The molecule has 1 aliphatic carbocycles. The lowest BCUT2D eigenvalue weighted by atomic mass is 9.92. The maximum atomic E-state index is 11.9. The first-order chi connectivity index (χ1) is 8.58. The van der Waals surface area contributed by atoms with Crippen LogP contribution < -0.4 is 5.32 Å². The van der Waals surface area contributed by atoms with E-state index in [1.165, 1.54) is 18.6 Å². The van der Waals surface area contributed by atoms with Crippen LogP contribution in [0.25, 0.3) is 0 Å². The third kappa shape index (κ3) is 2.61. The Morgan fingerprint density at radius 3 is 2.33 bits per heavy atom. The Bertz CT molecular complexity index is 452. The van der Waals surface area contributed by atoms with Gasteiger partial charge in [-0.15, -0.1) is 0 Å². The lowest BCUT2D eigenvalue weighted by Crippen LogP contribution is -2.43. The zero-order valence-electron chi connectivity index (χ0n) is 10.2. The third-order valence-corrected chi connectivity index (χ3v) is 3.33. The van der Waals surface area contributed by atoms with Gasteiger partial charge in [-0.25, -0.2) is 9.59 Å². The van der Waals surface area contributed by atoms with E-state index in [1.54, 1.807) is 24.1 Å². The zero-order valence-corrected chi connectivity index (χ0v) is 10.2. The number of rotatable bonds is 3. The molecule has 0 aliphatic heterocycles. The van der Waals surface area contributed by atoms with Crippen LogP contribution in [0.5, 0.6) is 0 Å². The number of benzene rings is 1. The van der Waals surface area contributed by atoms with Crippen LogP contribution in [-0.2, 0) is 0 Å². The molecule has 0 spiro atoms. The highest BCUT2D eigenvalue weighted by atomic mass is 16.4. The van der Waals surface area contributed by atoms with Gasteiger partial charge in [-0.3, -0.25) is 0 Å². The summed E-state index contributed by atoms with van der Waals surface area (Å²) in [6.45, 7) is 0. The molecule has 0 saturated heterocycles. The summed E-state index contributed by atoms with van der Waals surface area (Å²) < 4.78 is 0. The molecule has 96 valence electrons. The minimum Gasteiger partial charge on any atom is -0.478 e. The molecule has 2 rings (SSSR count). The van der Waals surface area contributed by atoms with Crippen molar-refractivity contribution in [3.05, 3.63) is 29.8 Å². The second-order valence-electron chi connectivity index (χ2n) is 4.51. The molecular formula is C13H16N2O3. The number of amides is 2. The molecule has 1 aliphatic rings. The fraction of sp³-hybridized carbons (Fsp3) is 0.385. The van der Waals surface area contributed by atoms with E-state index in [4.69, 9.17) is 5.11 Å². The molecule has 0 heterocycles. The van der Waals surface area contributed by atoms with Crippen LogP contribution in [0.4, 0.5) is 10.5 Å². The van der Waals surface area contributed by atoms with Gasteiger partial charge in [-0.1, -0.05) is 0 Å². The lowest BCUT2D eigenvalue weighted by molar-refractivity contribution is 0.0697. The van der Waals surface area contributed by atoms with Gasteiger partial charge in [-0.05, 0) is 43.5 Å². The largest absolute Gasteiger partial charge is 0.478 e. The summed E-state index contributed by atoms with van der Waals surface area (Å²) >= 11 is 0. The van der Waals surface area contributed by atoms with E-state index in [-0.39, 0.29) is 11.6 Å². The van der Waals surface area contributed by atoms with Crippen LogP contribution >= 0.6 is 0 Å². The Morgan fingerprint density at radius 1 is 1.28 bits per heavy atom. The van der Waals surface area contributed by atoms with E-state index >= 15 is 0 Å². The van der Waals surface area contributed by atoms with Crippen molar-refractivity contribution >= 4 is 17.7 Å². The summed E-state index contributed by atoms with van der Waals surface area (Å²) in [5.41, 5.74) is 0.816. The summed E-state index contributed by atoms with van der Waals surface area (Å²) in [6, 6.07) is 6.32. The monoisotopic (exact) mass is 248 g/mol. The first-order valence-corrected chi connectivity index (χ1v) is 5.95. The normalized spacial score (nSPS) is 14.7. The smallest absolute Gasteiger partial charge is 0.335 e. The molecule has 18 heavy (non-hydrogen) atoms. The molecule has 1 saturated carbocycles. The molecule has 1 aromatic carbocycles. The molecule has 1 aromatic rings. The molecule has 0 aromatic heterocycles. The van der Waals surface area contributed by atoms with E-state index in [9.17, 15) is 9.59 Å². The number of carbonyl (C=O) groups excluding carboxylic acids is 1. The quantitative estimate of drug-likeness (QED) is 0.863. The standard InChI is InChI=1S/C13H16N2O3/c1-15(11-3-2-4-11)13(18)14-10-7-5-9(6-8-10)12(16)17/h5-8,11H,2-4H2,1H3,(H,14,18)(H,16,17). The molecule has 0 bridgehead atoms. The van der Waals surface area contributed by atoms with Crippen LogP contribution in [0.2, 0.25) is 0 Å². The zero-order chi connectivity index (χ0) is 13.1. The van der Waals surface area contributed by atoms with Crippen LogP contribution in [0.3, 0.4) is 0 Å². The van der Waals surface area contributed by atoms with Crippen LogP contribution in [0, 0.1) is 0 Å². The predicted octanol–water partition coefficient (Wildman–Crippen LogP) is 2.40. The SMILES string of the molecule is CN(C(=O)Nc1ccc(C(=O)O)cc1)C1CCC1. The van der Waals surface area contributed by atoms with Gasteiger partial charge in [0.05, 0.1) is 5.56 Å². The van der Waals surface area contributed by atoms with Crippen molar-refractivity contribution in [2.75, 3.05) is 12.4 Å². The number of carbonyl (C=O) groups is 2. The molecule has 2 amide bonds.